The van der Waals surface area contributed by atoms with E-state index >= 15 is 0 Å². The normalized spacial score (nSPS) is 11.4. The topological polar surface area (TPSA) is 38.9 Å². The molecule has 0 aliphatic rings. The number of rotatable bonds is 5. The van der Waals surface area contributed by atoms with Crippen LogP contribution in [0.4, 0.5) is 0 Å². The summed E-state index contributed by atoms with van der Waals surface area (Å²) in [6, 6.07) is 12.7. The summed E-state index contributed by atoms with van der Waals surface area (Å²) in [5.41, 5.74) is 6.62. The van der Waals surface area contributed by atoms with Crippen molar-refractivity contribution in [2.24, 2.45) is 5.92 Å². The Bertz CT molecular complexity index is 804. The fourth-order valence-corrected chi connectivity index (χ4v) is 2.93. The van der Waals surface area contributed by atoms with Crippen molar-refractivity contribution < 1.29 is 4.52 Å². The van der Waals surface area contributed by atoms with E-state index in [0.717, 1.165) is 28.9 Å². The van der Waals surface area contributed by atoms with Gasteiger partial charge in [-0.3, -0.25) is 4.98 Å². The van der Waals surface area contributed by atoms with Crippen LogP contribution in [-0.4, -0.2) is 10.1 Å². The van der Waals surface area contributed by atoms with E-state index in [2.05, 4.69) is 68.2 Å². The molecule has 0 N–H and O–H groups in total. The maximum Gasteiger partial charge on any atom is 0.124 e. The molecule has 2 aromatic heterocycles. The van der Waals surface area contributed by atoms with Crippen molar-refractivity contribution in [3.8, 4) is 22.5 Å². The molecule has 0 radical (unpaired) electrons. The van der Waals surface area contributed by atoms with Gasteiger partial charge < -0.3 is 4.52 Å². The highest BCUT2D eigenvalue weighted by molar-refractivity contribution is 5.80. The van der Waals surface area contributed by atoms with Gasteiger partial charge in [0, 0.05) is 23.4 Å². The van der Waals surface area contributed by atoms with Crippen LogP contribution in [0.5, 0.6) is 0 Å². The van der Waals surface area contributed by atoms with E-state index in [9.17, 15) is 0 Å². The second-order valence-electron chi connectivity index (χ2n) is 6.99. The zero-order chi connectivity index (χ0) is 17.1. The maximum atomic E-state index is 5.04. The van der Waals surface area contributed by atoms with Gasteiger partial charge in [0.1, 0.15) is 12.0 Å². The van der Waals surface area contributed by atoms with Crippen LogP contribution in [0.25, 0.3) is 22.5 Å². The van der Waals surface area contributed by atoms with Gasteiger partial charge in [0.05, 0.1) is 5.69 Å². The van der Waals surface area contributed by atoms with Gasteiger partial charge in [-0.1, -0.05) is 45.0 Å². The molecule has 3 heteroatoms. The highest BCUT2D eigenvalue weighted by Crippen LogP contribution is 2.33. The molecular formula is C21H24N2O. The van der Waals surface area contributed by atoms with E-state index in [1.54, 1.807) is 6.26 Å². The summed E-state index contributed by atoms with van der Waals surface area (Å²) in [4.78, 5) is 4.63. The molecule has 0 amide bonds. The Labute approximate surface area is 143 Å². The molecule has 0 saturated heterocycles. The van der Waals surface area contributed by atoms with Gasteiger partial charge in [-0.15, -0.1) is 0 Å². The summed E-state index contributed by atoms with van der Waals surface area (Å²) in [5.74, 6) is 1.09. The molecule has 124 valence electrons. The highest BCUT2D eigenvalue weighted by atomic mass is 16.5. The second kappa shape index (κ2) is 7.00. The van der Waals surface area contributed by atoms with Crippen LogP contribution >= 0.6 is 0 Å². The lowest BCUT2D eigenvalue weighted by Crippen LogP contribution is -1.97. The Morgan fingerprint density at radius 1 is 0.917 bits per heavy atom. The smallest absolute Gasteiger partial charge is 0.124 e. The molecular weight excluding hydrogens is 296 g/mol. The monoisotopic (exact) mass is 320 g/mol. The first-order chi connectivity index (χ1) is 11.5. The van der Waals surface area contributed by atoms with Crippen molar-refractivity contribution in [1.82, 2.24) is 10.1 Å². The molecule has 24 heavy (non-hydrogen) atoms. The zero-order valence-corrected chi connectivity index (χ0v) is 14.8. The lowest BCUT2D eigenvalue weighted by molar-refractivity contribution is 0.422. The number of hydrogen-bond acceptors (Lipinski definition) is 3. The van der Waals surface area contributed by atoms with Crippen molar-refractivity contribution in [3.05, 3.63) is 60.0 Å². The summed E-state index contributed by atoms with van der Waals surface area (Å²) in [6.07, 6.45) is 4.57. The van der Waals surface area contributed by atoms with Gasteiger partial charge in [-0.2, -0.15) is 0 Å². The van der Waals surface area contributed by atoms with Crippen molar-refractivity contribution in [1.29, 1.82) is 0 Å². The van der Waals surface area contributed by atoms with Gasteiger partial charge in [0.2, 0.25) is 0 Å². The van der Waals surface area contributed by atoms with Crippen molar-refractivity contribution in [2.45, 2.75) is 40.0 Å². The van der Waals surface area contributed by atoms with Crippen LogP contribution in [0.1, 0.15) is 44.7 Å². The standard InChI is InChI=1S/C21H24N2O/c1-14(2)11-16-7-9-22-21(12-16)19-13-17(15(3)4)5-6-18(19)20-8-10-24-23-20/h5-10,12-15H,11H2,1-4H3. The van der Waals surface area contributed by atoms with Crippen LogP contribution in [0.2, 0.25) is 0 Å². The summed E-state index contributed by atoms with van der Waals surface area (Å²) >= 11 is 0. The largest absolute Gasteiger partial charge is 0.364 e. The minimum Gasteiger partial charge on any atom is -0.364 e. The first-order valence-electron chi connectivity index (χ1n) is 8.54. The van der Waals surface area contributed by atoms with Crippen LogP contribution in [0.15, 0.2) is 53.4 Å². The van der Waals surface area contributed by atoms with Gasteiger partial charge in [0.25, 0.3) is 0 Å². The minimum absolute atomic E-state index is 0.467. The molecule has 3 rings (SSSR count). The molecule has 2 heterocycles. The molecule has 0 fully saturated rings. The molecule has 1 aromatic carbocycles. The lowest BCUT2D eigenvalue weighted by Gasteiger charge is -2.13. The van der Waals surface area contributed by atoms with E-state index in [1.165, 1.54) is 11.1 Å². The fraction of sp³-hybridized carbons (Fsp3) is 0.333. The predicted molar refractivity (Wildman–Crippen MR) is 97.8 cm³/mol. The Morgan fingerprint density at radius 2 is 1.75 bits per heavy atom. The Morgan fingerprint density at radius 3 is 2.42 bits per heavy atom. The number of aromatic nitrogens is 2. The average molecular weight is 320 g/mol. The SMILES string of the molecule is CC(C)Cc1ccnc(-c2cc(C(C)C)ccc2-c2ccon2)c1. The van der Waals surface area contributed by atoms with Crippen molar-refractivity contribution in [2.75, 3.05) is 0 Å². The highest BCUT2D eigenvalue weighted by Gasteiger charge is 2.14. The number of hydrogen-bond donors (Lipinski definition) is 0. The summed E-state index contributed by atoms with van der Waals surface area (Å²) < 4.78 is 5.04. The summed E-state index contributed by atoms with van der Waals surface area (Å²) in [6.45, 7) is 8.88. The van der Waals surface area contributed by atoms with Gasteiger partial charge in [-0.25, -0.2) is 0 Å². The lowest BCUT2D eigenvalue weighted by atomic mass is 9.93. The summed E-state index contributed by atoms with van der Waals surface area (Å²) in [7, 11) is 0. The molecule has 3 aromatic rings. The molecule has 0 bridgehead atoms. The number of pyridine rings is 1. The van der Waals surface area contributed by atoms with Crippen molar-refractivity contribution in [3.63, 3.8) is 0 Å². The first-order valence-corrected chi connectivity index (χ1v) is 8.54. The minimum atomic E-state index is 0.467. The quantitative estimate of drug-likeness (QED) is 0.603. The maximum absolute atomic E-state index is 5.04. The zero-order valence-electron chi connectivity index (χ0n) is 14.8. The van der Waals surface area contributed by atoms with E-state index in [1.807, 2.05) is 12.3 Å². The molecule has 3 nitrogen and oxygen atoms in total. The molecule has 0 aliphatic carbocycles. The second-order valence-corrected chi connectivity index (χ2v) is 6.99. The van der Waals surface area contributed by atoms with Crippen LogP contribution in [-0.2, 0) is 6.42 Å². The fourth-order valence-electron chi connectivity index (χ4n) is 2.93. The Hall–Kier alpha value is -2.42. The van der Waals surface area contributed by atoms with Gasteiger partial charge in [0.15, 0.2) is 0 Å². The number of nitrogens with zero attached hydrogens (tertiary/aromatic N) is 2. The molecule has 0 unspecified atom stereocenters. The van der Waals surface area contributed by atoms with Crippen LogP contribution in [0.3, 0.4) is 0 Å². The van der Waals surface area contributed by atoms with E-state index in [-0.39, 0.29) is 0 Å². The molecule has 0 spiro atoms. The van der Waals surface area contributed by atoms with E-state index in [4.69, 9.17) is 4.52 Å². The molecule has 0 atom stereocenters. The third-order valence-electron chi connectivity index (χ3n) is 4.17. The first kappa shape index (κ1) is 16.4. The molecule has 0 aliphatic heterocycles. The number of benzene rings is 1. The van der Waals surface area contributed by atoms with E-state index in [0.29, 0.717) is 11.8 Å². The Balaban J connectivity index is 2.12. The van der Waals surface area contributed by atoms with Crippen LogP contribution < -0.4 is 0 Å². The van der Waals surface area contributed by atoms with Gasteiger partial charge in [-0.05, 0) is 47.6 Å². The third-order valence-corrected chi connectivity index (χ3v) is 4.17. The summed E-state index contributed by atoms with van der Waals surface area (Å²) in [5, 5.41) is 4.12. The molecule has 0 saturated carbocycles. The van der Waals surface area contributed by atoms with E-state index < -0.39 is 0 Å². The van der Waals surface area contributed by atoms with Crippen LogP contribution in [0, 0.1) is 5.92 Å². The third kappa shape index (κ3) is 3.56. The Kier molecular flexibility index (Phi) is 4.79. The van der Waals surface area contributed by atoms with Gasteiger partial charge >= 0.3 is 0 Å². The predicted octanol–water partition coefficient (Wildman–Crippen LogP) is 5.73. The van der Waals surface area contributed by atoms with Crippen molar-refractivity contribution >= 4 is 0 Å². The average Bonchev–Trinajstić information content (AvgIpc) is 3.08.